The maximum absolute atomic E-state index is 5.86. The second-order valence-corrected chi connectivity index (χ2v) is 7.76. The molecule has 3 aromatic heterocycles. The van der Waals surface area contributed by atoms with Gasteiger partial charge in [0.1, 0.15) is 11.9 Å². The molecule has 0 saturated carbocycles. The average molecular weight is 396 g/mol. The van der Waals surface area contributed by atoms with Crippen molar-refractivity contribution in [3.8, 4) is 5.82 Å². The van der Waals surface area contributed by atoms with E-state index in [4.69, 9.17) is 29.4 Å². The van der Waals surface area contributed by atoms with E-state index in [1.807, 2.05) is 15.4 Å². The Labute approximate surface area is 168 Å². The lowest BCUT2D eigenvalue weighted by atomic mass is 10.2. The Morgan fingerprint density at radius 1 is 1.00 bits per heavy atom. The fourth-order valence-corrected chi connectivity index (χ4v) is 4.31. The van der Waals surface area contributed by atoms with Crippen LogP contribution in [0.15, 0.2) is 18.3 Å². The second-order valence-electron chi connectivity index (χ2n) is 7.76. The normalized spacial score (nSPS) is 22.3. The molecule has 152 valence electrons. The molecular formula is C20H24N6O3. The standard InChI is InChI=1S/C20H24N6O3/c1-2-17(29-6-1)16-10-19-21-18(25-12-14-13-28-7-3-15(14)22-25)11-20(26(19)23-16)24-4-8-27-9-5-24/h10-12,17H,1-9,13H2. The number of aromatic nitrogens is 5. The summed E-state index contributed by atoms with van der Waals surface area (Å²) >= 11 is 0. The number of anilines is 1. The van der Waals surface area contributed by atoms with Gasteiger partial charge in [-0.25, -0.2) is 9.67 Å². The van der Waals surface area contributed by atoms with E-state index in [-0.39, 0.29) is 6.10 Å². The van der Waals surface area contributed by atoms with Gasteiger partial charge in [-0.2, -0.15) is 14.7 Å². The van der Waals surface area contributed by atoms with Crippen molar-refractivity contribution in [1.82, 2.24) is 24.4 Å². The summed E-state index contributed by atoms with van der Waals surface area (Å²) in [7, 11) is 0. The van der Waals surface area contributed by atoms with Crippen LogP contribution in [-0.4, -0.2) is 63.9 Å². The minimum atomic E-state index is 0.0619. The summed E-state index contributed by atoms with van der Waals surface area (Å²) < 4.78 is 20.8. The monoisotopic (exact) mass is 396 g/mol. The lowest BCUT2D eigenvalue weighted by Crippen LogP contribution is -2.37. The average Bonchev–Trinajstić information content (AvgIpc) is 3.52. The summed E-state index contributed by atoms with van der Waals surface area (Å²) in [6, 6.07) is 4.12. The third-order valence-electron chi connectivity index (χ3n) is 5.86. The van der Waals surface area contributed by atoms with Gasteiger partial charge in [0.25, 0.3) is 0 Å². The Hall–Kier alpha value is -2.49. The number of hydrogen-bond donors (Lipinski definition) is 0. The highest BCUT2D eigenvalue weighted by Crippen LogP contribution is 2.30. The molecule has 1 unspecified atom stereocenters. The third-order valence-corrected chi connectivity index (χ3v) is 5.86. The van der Waals surface area contributed by atoms with E-state index in [9.17, 15) is 0 Å². The van der Waals surface area contributed by atoms with Crippen LogP contribution in [0.5, 0.6) is 0 Å². The summed E-state index contributed by atoms with van der Waals surface area (Å²) in [5.74, 6) is 1.81. The molecule has 0 radical (unpaired) electrons. The lowest BCUT2D eigenvalue weighted by Gasteiger charge is -2.29. The molecular weight excluding hydrogens is 372 g/mol. The highest BCUT2D eigenvalue weighted by Gasteiger charge is 2.24. The summed E-state index contributed by atoms with van der Waals surface area (Å²) in [5.41, 5.74) is 4.01. The van der Waals surface area contributed by atoms with Crippen LogP contribution < -0.4 is 4.90 Å². The van der Waals surface area contributed by atoms with Gasteiger partial charge in [-0.05, 0) is 12.8 Å². The molecule has 0 bridgehead atoms. The fourth-order valence-electron chi connectivity index (χ4n) is 4.31. The minimum Gasteiger partial charge on any atom is -0.378 e. The van der Waals surface area contributed by atoms with Gasteiger partial charge in [0.2, 0.25) is 0 Å². The SMILES string of the molecule is c1c(-n2cc3c(n2)CCOC3)nc2cc(C3CCCO3)nn2c1N1CCOCC1. The summed E-state index contributed by atoms with van der Waals surface area (Å²) in [5, 5.41) is 9.64. The molecule has 3 aliphatic rings. The molecule has 0 aliphatic carbocycles. The van der Waals surface area contributed by atoms with E-state index in [1.165, 1.54) is 0 Å². The topological polar surface area (TPSA) is 78.9 Å². The maximum Gasteiger partial charge on any atom is 0.160 e. The molecule has 29 heavy (non-hydrogen) atoms. The van der Waals surface area contributed by atoms with Crippen molar-refractivity contribution in [2.24, 2.45) is 0 Å². The Balaban J connectivity index is 1.47. The van der Waals surface area contributed by atoms with Crippen molar-refractivity contribution in [3.05, 3.63) is 35.3 Å². The van der Waals surface area contributed by atoms with Crippen LogP contribution in [0.4, 0.5) is 5.82 Å². The van der Waals surface area contributed by atoms with E-state index in [1.54, 1.807) is 0 Å². The van der Waals surface area contributed by atoms with Crippen LogP contribution in [0.25, 0.3) is 11.5 Å². The third kappa shape index (κ3) is 3.09. The molecule has 9 nitrogen and oxygen atoms in total. The van der Waals surface area contributed by atoms with Crippen molar-refractivity contribution in [3.63, 3.8) is 0 Å². The number of hydrogen-bond acceptors (Lipinski definition) is 7. The maximum atomic E-state index is 5.86. The molecule has 2 saturated heterocycles. The zero-order chi connectivity index (χ0) is 19.2. The quantitative estimate of drug-likeness (QED) is 0.666. The highest BCUT2D eigenvalue weighted by molar-refractivity contribution is 5.56. The number of morpholine rings is 1. The Morgan fingerprint density at radius 3 is 2.76 bits per heavy atom. The van der Waals surface area contributed by atoms with Crippen LogP contribution in [0.2, 0.25) is 0 Å². The second kappa shape index (κ2) is 7.08. The van der Waals surface area contributed by atoms with Gasteiger partial charge in [0.15, 0.2) is 11.5 Å². The van der Waals surface area contributed by atoms with Crippen LogP contribution in [0, 0.1) is 0 Å². The molecule has 2 fully saturated rings. The molecule has 9 heteroatoms. The van der Waals surface area contributed by atoms with Gasteiger partial charge in [-0.3, -0.25) is 0 Å². The smallest absolute Gasteiger partial charge is 0.160 e. The molecule has 3 aliphatic heterocycles. The highest BCUT2D eigenvalue weighted by atomic mass is 16.5. The van der Waals surface area contributed by atoms with Crippen molar-refractivity contribution in [1.29, 1.82) is 0 Å². The summed E-state index contributed by atoms with van der Waals surface area (Å²) in [4.78, 5) is 7.19. The molecule has 0 spiro atoms. The van der Waals surface area contributed by atoms with E-state index in [0.717, 1.165) is 79.8 Å². The summed E-state index contributed by atoms with van der Waals surface area (Å²) in [6.07, 6.45) is 5.03. The lowest BCUT2D eigenvalue weighted by molar-refractivity contribution is 0.108. The first kappa shape index (κ1) is 17.4. The largest absolute Gasteiger partial charge is 0.378 e. The summed E-state index contributed by atoms with van der Waals surface area (Å²) in [6.45, 7) is 5.23. The van der Waals surface area contributed by atoms with E-state index in [2.05, 4.69) is 17.0 Å². The number of ether oxygens (including phenoxy) is 3. The van der Waals surface area contributed by atoms with E-state index >= 15 is 0 Å². The van der Waals surface area contributed by atoms with Gasteiger partial charge in [-0.1, -0.05) is 0 Å². The van der Waals surface area contributed by atoms with Crippen LogP contribution in [0.3, 0.4) is 0 Å². The number of rotatable bonds is 3. The van der Waals surface area contributed by atoms with Gasteiger partial charge < -0.3 is 19.1 Å². The molecule has 6 rings (SSSR count). The first-order valence-electron chi connectivity index (χ1n) is 10.4. The predicted octanol–water partition coefficient (Wildman–Crippen LogP) is 1.68. The van der Waals surface area contributed by atoms with Gasteiger partial charge >= 0.3 is 0 Å². The number of nitrogens with zero attached hydrogens (tertiary/aromatic N) is 6. The molecule has 1 atom stereocenters. The van der Waals surface area contributed by atoms with E-state index in [0.29, 0.717) is 19.8 Å². The fraction of sp³-hybridized carbons (Fsp3) is 0.550. The van der Waals surface area contributed by atoms with Crippen LogP contribution >= 0.6 is 0 Å². The number of fused-ring (bicyclic) bond motifs is 2. The van der Waals surface area contributed by atoms with Crippen molar-refractivity contribution >= 4 is 11.5 Å². The Bertz CT molecular complexity index is 1010. The van der Waals surface area contributed by atoms with E-state index < -0.39 is 0 Å². The van der Waals surface area contributed by atoms with Gasteiger partial charge in [0.05, 0.1) is 37.8 Å². The molecule has 0 N–H and O–H groups in total. The molecule has 3 aromatic rings. The molecule has 6 heterocycles. The van der Waals surface area contributed by atoms with Crippen molar-refractivity contribution < 1.29 is 14.2 Å². The zero-order valence-corrected chi connectivity index (χ0v) is 16.3. The first-order valence-corrected chi connectivity index (χ1v) is 10.4. The molecule has 0 aromatic carbocycles. The minimum absolute atomic E-state index is 0.0619. The van der Waals surface area contributed by atoms with Gasteiger partial charge in [-0.15, -0.1) is 0 Å². The Kier molecular flexibility index (Phi) is 4.24. The van der Waals surface area contributed by atoms with Gasteiger partial charge in [0, 0.05) is 50.0 Å². The Morgan fingerprint density at radius 2 is 1.93 bits per heavy atom. The zero-order valence-electron chi connectivity index (χ0n) is 16.3. The molecule has 0 amide bonds. The first-order chi connectivity index (χ1) is 14.3. The van der Waals surface area contributed by atoms with Crippen molar-refractivity contribution in [2.75, 3.05) is 44.4 Å². The van der Waals surface area contributed by atoms with Crippen molar-refractivity contribution in [2.45, 2.75) is 32.0 Å². The van der Waals surface area contributed by atoms with Crippen LogP contribution in [0.1, 0.15) is 35.9 Å². The predicted molar refractivity (Wildman–Crippen MR) is 104 cm³/mol. The van der Waals surface area contributed by atoms with Crippen LogP contribution in [-0.2, 0) is 27.2 Å².